The van der Waals surface area contributed by atoms with Crippen molar-refractivity contribution < 1.29 is 9.18 Å². The molecule has 0 spiro atoms. The molecular weight excluding hydrogens is 409 g/mol. The summed E-state index contributed by atoms with van der Waals surface area (Å²) in [4.78, 5) is 17.8. The van der Waals surface area contributed by atoms with Gasteiger partial charge in [-0.2, -0.15) is 16.6 Å². The summed E-state index contributed by atoms with van der Waals surface area (Å²) < 4.78 is 13.0. The van der Waals surface area contributed by atoms with Crippen LogP contribution in [0.4, 0.5) is 15.9 Å². The predicted octanol–water partition coefficient (Wildman–Crippen LogP) is 4.13. The number of carbonyl (C=O) groups is 1. The molecule has 144 valence electrons. The van der Waals surface area contributed by atoms with Gasteiger partial charge in [0.25, 0.3) is 5.91 Å². The van der Waals surface area contributed by atoms with Crippen LogP contribution in [0.3, 0.4) is 0 Å². The number of amides is 1. The molecule has 4 rings (SSSR count). The molecule has 0 atom stereocenters. The second-order valence-electron chi connectivity index (χ2n) is 6.21. The molecule has 0 unspecified atom stereocenters. The molecule has 0 aliphatic heterocycles. The first-order chi connectivity index (χ1) is 14.0. The minimum atomic E-state index is -0.372. The molecule has 3 aromatic heterocycles. The Morgan fingerprint density at radius 1 is 1.24 bits per heavy atom. The summed E-state index contributed by atoms with van der Waals surface area (Å²) >= 11 is 2.60. The summed E-state index contributed by atoms with van der Waals surface area (Å²) in [5.41, 5.74) is 14.9. The first-order valence-electron chi connectivity index (χ1n) is 8.46. The molecule has 4 aromatic rings. The van der Waals surface area contributed by atoms with Crippen LogP contribution in [0.2, 0.25) is 0 Å². The fraction of sp³-hybridized carbons (Fsp3) is 0.0500. The summed E-state index contributed by atoms with van der Waals surface area (Å²) in [7, 11) is 0. The van der Waals surface area contributed by atoms with Crippen molar-refractivity contribution in [3.8, 4) is 17.2 Å². The van der Waals surface area contributed by atoms with Crippen molar-refractivity contribution in [3.05, 3.63) is 62.9 Å². The van der Waals surface area contributed by atoms with Gasteiger partial charge < -0.3 is 16.8 Å². The highest BCUT2D eigenvalue weighted by Gasteiger charge is 2.24. The molecule has 6 nitrogen and oxygen atoms in total. The van der Waals surface area contributed by atoms with Gasteiger partial charge in [-0.05, 0) is 40.1 Å². The van der Waals surface area contributed by atoms with Gasteiger partial charge in [-0.3, -0.25) is 4.79 Å². The van der Waals surface area contributed by atoms with Crippen molar-refractivity contribution in [3.63, 3.8) is 0 Å². The Balaban J connectivity index is 1.76. The zero-order chi connectivity index (χ0) is 20.5. The maximum Gasteiger partial charge on any atom is 0.263 e. The first-order valence-corrected chi connectivity index (χ1v) is 10.2. The molecule has 1 aromatic carbocycles. The monoisotopic (exact) mass is 423 g/mol. The van der Waals surface area contributed by atoms with Crippen LogP contribution in [0.1, 0.15) is 20.8 Å². The Labute approximate surface area is 173 Å². The number of nitrogens with zero attached hydrogens (tertiary/aromatic N) is 2. The number of anilines is 2. The number of nitrogens with one attached hydrogen (secondary N) is 1. The number of thiophene rings is 2. The molecule has 0 fully saturated rings. The van der Waals surface area contributed by atoms with Crippen LogP contribution in [0, 0.1) is 17.1 Å². The smallest absolute Gasteiger partial charge is 0.263 e. The number of nitrogens with two attached hydrogens (primary N) is 2. The average Bonchev–Trinajstić information content (AvgIpc) is 3.35. The normalized spacial score (nSPS) is 10.8. The predicted molar refractivity (Wildman–Crippen MR) is 114 cm³/mol. The van der Waals surface area contributed by atoms with Crippen LogP contribution in [0.15, 0.2) is 41.1 Å². The van der Waals surface area contributed by atoms with E-state index >= 15 is 0 Å². The number of carbonyl (C=O) groups excluding carboxylic acids is 1. The van der Waals surface area contributed by atoms with Crippen LogP contribution in [0.25, 0.3) is 21.3 Å². The first kappa shape index (κ1) is 18.9. The Morgan fingerprint density at radius 2 is 2.00 bits per heavy atom. The van der Waals surface area contributed by atoms with Crippen molar-refractivity contribution in [2.75, 3.05) is 11.5 Å². The van der Waals surface area contributed by atoms with Crippen LogP contribution < -0.4 is 16.8 Å². The summed E-state index contributed by atoms with van der Waals surface area (Å²) in [6.45, 7) is 0.225. The van der Waals surface area contributed by atoms with Gasteiger partial charge in [0.15, 0.2) is 0 Å². The third-order valence-corrected chi connectivity index (χ3v) is 6.18. The minimum Gasteiger partial charge on any atom is -0.397 e. The molecule has 0 aliphatic rings. The quantitative estimate of drug-likeness (QED) is 0.456. The number of hydrogen-bond donors (Lipinski definition) is 3. The van der Waals surface area contributed by atoms with E-state index < -0.39 is 0 Å². The topological polar surface area (TPSA) is 118 Å². The van der Waals surface area contributed by atoms with Gasteiger partial charge in [-0.15, -0.1) is 11.3 Å². The Bertz CT molecular complexity index is 1260. The van der Waals surface area contributed by atoms with Crippen molar-refractivity contribution in [2.45, 2.75) is 6.54 Å². The van der Waals surface area contributed by atoms with Crippen LogP contribution in [-0.2, 0) is 6.54 Å². The van der Waals surface area contributed by atoms with Gasteiger partial charge >= 0.3 is 0 Å². The van der Waals surface area contributed by atoms with E-state index in [-0.39, 0.29) is 35.3 Å². The molecule has 1 amide bonds. The van der Waals surface area contributed by atoms with Gasteiger partial charge in [-0.25, -0.2) is 9.37 Å². The second kappa shape index (κ2) is 7.50. The van der Waals surface area contributed by atoms with E-state index in [9.17, 15) is 14.4 Å². The Kier molecular flexibility index (Phi) is 4.88. The van der Waals surface area contributed by atoms with Crippen molar-refractivity contribution in [1.29, 1.82) is 5.26 Å². The van der Waals surface area contributed by atoms with Gasteiger partial charge in [0, 0.05) is 17.5 Å². The molecule has 29 heavy (non-hydrogen) atoms. The third-order valence-electron chi connectivity index (χ3n) is 4.40. The molecule has 9 heteroatoms. The third kappa shape index (κ3) is 3.40. The number of hydrogen-bond acceptors (Lipinski definition) is 7. The number of nitriles is 1. The van der Waals surface area contributed by atoms with E-state index in [4.69, 9.17) is 11.5 Å². The fourth-order valence-electron chi connectivity index (χ4n) is 3.01. The highest BCUT2D eigenvalue weighted by molar-refractivity contribution is 7.21. The van der Waals surface area contributed by atoms with E-state index in [1.165, 1.54) is 23.5 Å². The number of benzene rings is 1. The lowest BCUT2D eigenvalue weighted by Crippen LogP contribution is -2.22. The van der Waals surface area contributed by atoms with E-state index in [0.29, 0.717) is 20.7 Å². The van der Waals surface area contributed by atoms with Crippen molar-refractivity contribution in [1.82, 2.24) is 10.3 Å². The highest BCUT2D eigenvalue weighted by Crippen LogP contribution is 2.43. The summed E-state index contributed by atoms with van der Waals surface area (Å²) in [5.74, 6) is -0.615. The fourth-order valence-corrected chi connectivity index (χ4v) is 4.69. The molecule has 5 N–H and O–H groups in total. The average molecular weight is 423 g/mol. The molecule has 0 radical (unpaired) electrons. The largest absolute Gasteiger partial charge is 0.397 e. The maximum atomic E-state index is 13.0. The van der Waals surface area contributed by atoms with E-state index in [0.717, 1.165) is 22.5 Å². The Morgan fingerprint density at radius 3 is 2.66 bits per heavy atom. The molecule has 0 aliphatic carbocycles. The summed E-state index contributed by atoms with van der Waals surface area (Å²) in [6, 6.07) is 9.82. The number of aromatic nitrogens is 1. The summed E-state index contributed by atoms with van der Waals surface area (Å²) in [6.07, 6.45) is 0. The molecule has 0 saturated heterocycles. The minimum absolute atomic E-state index is 0.0979. The lowest BCUT2D eigenvalue weighted by atomic mass is 9.99. The number of nitrogen functional groups attached to an aromatic ring is 2. The molecular formula is C20H14FN5OS2. The lowest BCUT2D eigenvalue weighted by molar-refractivity contribution is 0.0956. The van der Waals surface area contributed by atoms with E-state index in [2.05, 4.69) is 16.4 Å². The van der Waals surface area contributed by atoms with Crippen LogP contribution in [0.5, 0.6) is 0 Å². The van der Waals surface area contributed by atoms with Crippen LogP contribution >= 0.6 is 22.7 Å². The van der Waals surface area contributed by atoms with Crippen molar-refractivity contribution in [2.24, 2.45) is 0 Å². The zero-order valence-corrected chi connectivity index (χ0v) is 16.5. The standard InChI is InChI=1S/C20H14FN5OS2/c21-12-3-1-10(2-4-12)8-25-19(27)17-16(23)15-14(11-5-6-28-9-11)13(7-22)18(24)26-20(15)29-17/h1-6,9H,8,23H2,(H2,24,26)(H,25,27). The lowest BCUT2D eigenvalue weighted by Gasteiger charge is -2.08. The molecule has 3 heterocycles. The number of halogens is 1. The molecule has 0 saturated carbocycles. The van der Waals surface area contributed by atoms with Gasteiger partial charge in [-0.1, -0.05) is 12.1 Å². The van der Waals surface area contributed by atoms with Crippen molar-refractivity contribution >= 4 is 50.3 Å². The van der Waals surface area contributed by atoms with Crippen LogP contribution in [-0.4, -0.2) is 10.9 Å². The maximum absolute atomic E-state index is 13.0. The van der Waals surface area contributed by atoms with Gasteiger partial charge in [0.05, 0.1) is 5.69 Å². The molecule has 0 bridgehead atoms. The number of pyridine rings is 1. The zero-order valence-electron chi connectivity index (χ0n) is 14.9. The summed E-state index contributed by atoms with van der Waals surface area (Å²) in [5, 5.41) is 16.7. The number of rotatable bonds is 4. The Hall–Kier alpha value is -3.48. The van der Waals surface area contributed by atoms with Gasteiger partial charge in [0.1, 0.15) is 33.0 Å². The second-order valence-corrected chi connectivity index (χ2v) is 7.98. The van der Waals surface area contributed by atoms with E-state index in [1.807, 2.05) is 16.8 Å². The van der Waals surface area contributed by atoms with E-state index in [1.54, 1.807) is 12.1 Å². The SMILES string of the molecule is N#Cc1c(N)nc2sc(C(=O)NCc3ccc(F)cc3)c(N)c2c1-c1ccsc1. The highest BCUT2D eigenvalue weighted by atomic mass is 32.1. The number of fused-ring (bicyclic) bond motifs is 1. The van der Waals surface area contributed by atoms with Gasteiger partial charge in [0.2, 0.25) is 0 Å².